The highest BCUT2D eigenvalue weighted by Gasteiger charge is 2.23. The lowest BCUT2D eigenvalue weighted by Crippen LogP contribution is -2.30. The van der Waals surface area contributed by atoms with Gasteiger partial charge >= 0.3 is 7.12 Å². The number of nitrogens with one attached hydrogen (secondary N) is 1. The molecule has 0 aliphatic carbocycles. The molecule has 1 aliphatic heterocycles. The lowest BCUT2D eigenvalue weighted by molar-refractivity contribution is 0.133. The predicted octanol–water partition coefficient (Wildman–Crippen LogP) is 2.05. The van der Waals surface area contributed by atoms with Crippen molar-refractivity contribution >= 4 is 29.3 Å². The molecule has 0 spiro atoms. The van der Waals surface area contributed by atoms with Gasteiger partial charge in [-0.05, 0) is 30.1 Å². The molecule has 3 heterocycles. The number of benzene rings is 2. The Morgan fingerprint density at radius 1 is 1.07 bits per heavy atom. The van der Waals surface area contributed by atoms with Crippen LogP contribution in [0.4, 0.5) is 5.82 Å². The first kappa shape index (κ1) is 18.8. The molecular weight excluding hydrogens is 379 g/mol. The molecule has 4 aromatic rings. The summed E-state index contributed by atoms with van der Waals surface area (Å²) < 4.78 is 7.57. The van der Waals surface area contributed by atoms with Crippen molar-refractivity contribution in [1.29, 1.82) is 0 Å². The second kappa shape index (κ2) is 7.57. The molecular formula is C22H21BN4O3. The molecule has 0 amide bonds. The minimum atomic E-state index is -1.54. The van der Waals surface area contributed by atoms with Crippen LogP contribution in [0.3, 0.4) is 0 Å². The van der Waals surface area contributed by atoms with E-state index in [0.717, 1.165) is 39.2 Å². The molecule has 30 heavy (non-hydrogen) atoms. The van der Waals surface area contributed by atoms with E-state index in [-0.39, 0.29) is 0 Å². The fourth-order valence-corrected chi connectivity index (χ4v) is 3.94. The summed E-state index contributed by atoms with van der Waals surface area (Å²) in [5.41, 5.74) is 5.21. The summed E-state index contributed by atoms with van der Waals surface area (Å²) >= 11 is 0. The molecule has 0 bridgehead atoms. The van der Waals surface area contributed by atoms with Crippen LogP contribution >= 0.6 is 0 Å². The van der Waals surface area contributed by atoms with Gasteiger partial charge in [0.15, 0.2) is 0 Å². The van der Waals surface area contributed by atoms with E-state index in [0.29, 0.717) is 31.2 Å². The Morgan fingerprint density at radius 3 is 2.70 bits per heavy atom. The molecule has 0 atom stereocenters. The number of aromatic nitrogens is 3. The number of fused-ring (bicyclic) bond motifs is 2. The van der Waals surface area contributed by atoms with E-state index in [1.165, 1.54) is 0 Å². The second-order valence-electron chi connectivity index (χ2n) is 7.40. The van der Waals surface area contributed by atoms with Gasteiger partial charge in [-0.2, -0.15) is 4.98 Å². The van der Waals surface area contributed by atoms with Crippen LogP contribution in [0.15, 0.2) is 54.6 Å². The van der Waals surface area contributed by atoms with Crippen LogP contribution in [0, 0.1) is 6.92 Å². The predicted molar refractivity (Wildman–Crippen MR) is 116 cm³/mol. The third kappa shape index (κ3) is 3.25. The van der Waals surface area contributed by atoms with Gasteiger partial charge in [-0.1, -0.05) is 42.5 Å². The zero-order valence-electron chi connectivity index (χ0n) is 16.5. The number of rotatable bonds is 5. The lowest BCUT2D eigenvalue weighted by atomic mass is 9.78. The Bertz CT molecular complexity index is 1220. The molecule has 5 rings (SSSR count). The maximum Gasteiger partial charge on any atom is 0.489 e. The van der Waals surface area contributed by atoms with Crippen LogP contribution < -0.4 is 10.8 Å². The minimum Gasteiger partial charge on any atom is -0.423 e. The third-order valence-corrected chi connectivity index (χ3v) is 5.41. The number of hydrogen-bond donors (Lipinski definition) is 3. The van der Waals surface area contributed by atoms with Crippen molar-refractivity contribution in [2.24, 2.45) is 0 Å². The summed E-state index contributed by atoms with van der Waals surface area (Å²) in [5, 5.41) is 23.7. The van der Waals surface area contributed by atoms with Crippen LogP contribution in [0.5, 0.6) is 0 Å². The molecule has 1 aliphatic rings. The van der Waals surface area contributed by atoms with Crippen LogP contribution in [0.25, 0.3) is 16.9 Å². The van der Waals surface area contributed by atoms with Crippen LogP contribution in [-0.2, 0) is 24.5 Å². The first-order valence-electron chi connectivity index (χ1n) is 9.84. The fourth-order valence-electron chi connectivity index (χ4n) is 3.94. The SMILES string of the molecule is Cc1cc2c(B(O)O)cccc2n1-c1nc2c(c(NCc3ccccc3)n1)COC2. The van der Waals surface area contributed by atoms with E-state index in [1.807, 2.05) is 41.8 Å². The molecule has 0 radical (unpaired) electrons. The molecule has 2 aromatic heterocycles. The highest BCUT2D eigenvalue weighted by molar-refractivity contribution is 6.61. The quantitative estimate of drug-likeness (QED) is 0.444. The molecule has 2 aromatic carbocycles. The zero-order chi connectivity index (χ0) is 20.7. The summed E-state index contributed by atoms with van der Waals surface area (Å²) in [6.45, 7) is 3.54. The van der Waals surface area contributed by atoms with Gasteiger partial charge in [0.05, 0.1) is 24.4 Å². The van der Waals surface area contributed by atoms with Gasteiger partial charge in [0.25, 0.3) is 0 Å². The lowest BCUT2D eigenvalue weighted by Gasteiger charge is -2.14. The Balaban J connectivity index is 1.60. The largest absolute Gasteiger partial charge is 0.489 e. The first-order chi connectivity index (χ1) is 14.6. The smallest absolute Gasteiger partial charge is 0.423 e. The van der Waals surface area contributed by atoms with Crippen molar-refractivity contribution in [1.82, 2.24) is 14.5 Å². The summed E-state index contributed by atoms with van der Waals surface area (Å²) in [4.78, 5) is 9.58. The Hall–Kier alpha value is -3.20. The van der Waals surface area contributed by atoms with Crippen molar-refractivity contribution in [3.63, 3.8) is 0 Å². The monoisotopic (exact) mass is 400 g/mol. The maximum atomic E-state index is 9.73. The summed E-state index contributed by atoms with van der Waals surface area (Å²) in [6, 6.07) is 17.5. The van der Waals surface area contributed by atoms with Gasteiger partial charge in [-0.3, -0.25) is 4.57 Å². The van der Waals surface area contributed by atoms with Crippen LogP contribution in [0.1, 0.15) is 22.5 Å². The second-order valence-corrected chi connectivity index (χ2v) is 7.40. The molecule has 3 N–H and O–H groups in total. The molecule has 150 valence electrons. The Morgan fingerprint density at radius 2 is 1.90 bits per heavy atom. The van der Waals surface area contributed by atoms with Crippen LogP contribution in [0.2, 0.25) is 0 Å². The van der Waals surface area contributed by atoms with Crippen molar-refractivity contribution in [3.8, 4) is 5.95 Å². The van der Waals surface area contributed by atoms with Crippen molar-refractivity contribution < 1.29 is 14.8 Å². The maximum absolute atomic E-state index is 9.73. The van der Waals surface area contributed by atoms with Gasteiger partial charge in [0.1, 0.15) is 5.82 Å². The topological polar surface area (TPSA) is 92.4 Å². The fraction of sp³-hybridized carbons (Fsp3) is 0.182. The van der Waals surface area contributed by atoms with Crippen molar-refractivity contribution in [2.45, 2.75) is 26.7 Å². The van der Waals surface area contributed by atoms with Gasteiger partial charge in [-0.15, -0.1) is 0 Å². The molecule has 0 unspecified atom stereocenters. The number of nitrogens with zero attached hydrogens (tertiary/aromatic N) is 3. The van der Waals surface area contributed by atoms with E-state index in [1.54, 1.807) is 12.1 Å². The van der Waals surface area contributed by atoms with Gasteiger partial charge in [0, 0.05) is 23.2 Å². The Kier molecular flexibility index (Phi) is 4.74. The van der Waals surface area contributed by atoms with Crippen molar-refractivity contribution in [2.75, 3.05) is 5.32 Å². The normalized spacial score (nSPS) is 12.9. The van der Waals surface area contributed by atoms with E-state index in [2.05, 4.69) is 17.4 Å². The minimum absolute atomic E-state index is 0.448. The van der Waals surface area contributed by atoms with Crippen LogP contribution in [-0.4, -0.2) is 31.7 Å². The van der Waals surface area contributed by atoms with E-state index < -0.39 is 7.12 Å². The van der Waals surface area contributed by atoms with E-state index in [9.17, 15) is 10.0 Å². The standard InChI is InChI=1S/C22H21BN4O3/c1-14-10-16-18(23(28)29)8-5-9-20(16)27(14)22-25-19-13-30-12-17(19)21(26-22)24-11-15-6-3-2-4-7-15/h2-10,28-29H,11-13H2,1H3,(H,24,25,26). The first-order valence-corrected chi connectivity index (χ1v) is 9.84. The molecule has 0 saturated carbocycles. The highest BCUT2D eigenvalue weighted by Crippen LogP contribution is 2.28. The summed E-state index contributed by atoms with van der Waals surface area (Å²) in [5.74, 6) is 1.29. The average Bonchev–Trinajstić information content (AvgIpc) is 3.35. The molecule has 8 heteroatoms. The highest BCUT2D eigenvalue weighted by atomic mass is 16.5. The van der Waals surface area contributed by atoms with Gasteiger partial charge in [0.2, 0.25) is 5.95 Å². The van der Waals surface area contributed by atoms with Gasteiger partial charge in [-0.25, -0.2) is 4.98 Å². The van der Waals surface area contributed by atoms with E-state index in [4.69, 9.17) is 14.7 Å². The average molecular weight is 400 g/mol. The molecule has 0 saturated heterocycles. The van der Waals surface area contributed by atoms with E-state index >= 15 is 0 Å². The number of aryl methyl sites for hydroxylation is 1. The number of ether oxygens (including phenoxy) is 1. The molecule has 0 fully saturated rings. The summed E-state index contributed by atoms with van der Waals surface area (Å²) in [6.07, 6.45) is 0. The third-order valence-electron chi connectivity index (χ3n) is 5.41. The van der Waals surface area contributed by atoms with Gasteiger partial charge < -0.3 is 20.1 Å². The zero-order valence-corrected chi connectivity index (χ0v) is 16.5. The summed E-state index contributed by atoms with van der Waals surface area (Å²) in [7, 11) is -1.54. The number of anilines is 1. The van der Waals surface area contributed by atoms with Crippen molar-refractivity contribution in [3.05, 3.63) is 77.1 Å². The number of hydrogen-bond acceptors (Lipinski definition) is 6. The Labute approximate surface area is 174 Å². The molecule has 7 nitrogen and oxygen atoms in total.